The smallest absolute Gasteiger partial charge is 0.148 e. The lowest BCUT2D eigenvalue weighted by Gasteiger charge is -2.46. The van der Waals surface area contributed by atoms with Crippen molar-refractivity contribution >= 4 is 22.6 Å². The summed E-state index contributed by atoms with van der Waals surface area (Å²) in [5.74, 6) is -0.961. The maximum Gasteiger partial charge on any atom is 0.148 e. The van der Waals surface area contributed by atoms with Gasteiger partial charge in [0, 0.05) is 5.41 Å². The minimum absolute atomic E-state index is 0.475. The molecule has 12 heavy (non-hydrogen) atoms. The second kappa shape index (κ2) is 2.42. The van der Waals surface area contributed by atoms with E-state index in [4.69, 9.17) is 0 Å². The van der Waals surface area contributed by atoms with Gasteiger partial charge >= 0.3 is 0 Å². The molecule has 0 nitrogen and oxygen atoms in total. The molecule has 0 spiro atoms. The van der Waals surface area contributed by atoms with Crippen molar-refractivity contribution in [3.8, 4) is 0 Å². The van der Waals surface area contributed by atoms with Gasteiger partial charge in [-0.3, -0.25) is 0 Å². The van der Waals surface area contributed by atoms with Gasteiger partial charge in [-0.25, -0.2) is 8.78 Å². The molecule has 0 radical (unpaired) electrons. The number of halogens is 3. The summed E-state index contributed by atoms with van der Waals surface area (Å²) in [5, 5.41) is 0. The molecular weight excluding hydrogens is 273 g/mol. The highest BCUT2D eigenvalue weighted by Crippen LogP contribution is 2.59. The van der Waals surface area contributed by atoms with Gasteiger partial charge in [0.25, 0.3) is 0 Å². The fourth-order valence-electron chi connectivity index (χ4n) is 2.10. The second-order valence-corrected chi connectivity index (χ2v) is 6.22. The van der Waals surface area contributed by atoms with E-state index >= 15 is 0 Å². The topological polar surface area (TPSA) is 0 Å². The van der Waals surface area contributed by atoms with Gasteiger partial charge in [0.2, 0.25) is 0 Å². The number of rotatable bonds is 0. The SMILES string of the molecule is CC12CCC(I)(CC1)C(F)=C2F. The number of hydrogen-bond donors (Lipinski definition) is 0. The van der Waals surface area contributed by atoms with Crippen LogP contribution in [-0.2, 0) is 0 Å². The van der Waals surface area contributed by atoms with Crippen molar-refractivity contribution in [1.29, 1.82) is 0 Å². The first kappa shape index (κ1) is 8.91. The van der Waals surface area contributed by atoms with Gasteiger partial charge in [-0.2, -0.15) is 0 Å². The molecule has 3 aliphatic carbocycles. The Morgan fingerprint density at radius 3 is 2.00 bits per heavy atom. The Morgan fingerprint density at radius 1 is 1.08 bits per heavy atom. The van der Waals surface area contributed by atoms with Crippen LogP contribution in [0, 0.1) is 5.41 Å². The third-order valence-corrected chi connectivity index (χ3v) is 4.81. The summed E-state index contributed by atoms with van der Waals surface area (Å²) in [7, 11) is 0. The van der Waals surface area contributed by atoms with Crippen molar-refractivity contribution < 1.29 is 8.78 Å². The normalized spacial score (nSPS) is 47.0. The number of allylic oxidation sites excluding steroid dienone is 2. The van der Waals surface area contributed by atoms with Gasteiger partial charge in [-0.15, -0.1) is 0 Å². The maximum absolute atomic E-state index is 13.4. The van der Waals surface area contributed by atoms with Crippen LogP contribution in [0.4, 0.5) is 8.78 Å². The first-order valence-corrected chi connectivity index (χ1v) is 5.31. The van der Waals surface area contributed by atoms with Crippen LogP contribution in [0.15, 0.2) is 11.7 Å². The molecule has 0 aliphatic heterocycles. The van der Waals surface area contributed by atoms with E-state index in [1.165, 1.54) is 0 Å². The number of fused-ring (bicyclic) bond motifs is 2. The lowest BCUT2D eigenvalue weighted by molar-refractivity contribution is 0.152. The Kier molecular flexibility index (Phi) is 1.80. The summed E-state index contributed by atoms with van der Waals surface area (Å²) >= 11 is 2.07. The zero-order chi connectivity index (χ0) is 8.98. The molecule has 0 N–H and O–H groups in total. The lowest BCUT2D eigenvalue weighted by Crippen LogP contribution is -2.41. The molecule has 3 rings (SSSR count). The van der Waals surface area contributed by atoms with Crippen LogP contribution in [0.25, 0.3) is 0 Å². The first-order chi connectivity index (χ1) is 5.48. The molecule has 1 fully saturated rings. The summed E-state index contributed by atoms with van der Waals surface area (Å²) in [6.45, 7) is 1.83. The summed E-state index contributed by atoms with van der Waals surface area (Å²) in [4.78, 5) is 0. The summed E-state index contributed by atoms with van der Waals surface area (Å²) in [5.41, 5.74) is -0.475. The van der Waals surface area contributed by atoms with Crippen LogP contribution < -0.4 is 0 Å². The van der Waals surface area contributed by atoms with E-state index in [0.717, 1.165) is 25.7 Å². The Bertz CT molecular complexity index is 223. The molecule has 68 valence electrons. The second-order valence-electron chi connectivity index (χ2n) is 4.15. The van der Waals surface area contributed by atoms with Crippen molar-refractivity contribution in [2.24, 2.45) is 5.41 Å². The van der Waals surface area contributed by atoms with Crippen molar-refractivity contribution in [3.05, 3.63) is 11.7 Å². The minimum atomic E-state index is -0.500. The Balaban J connectivity index is 2.52. The highest BCUT2D eigenvalue weighted by Gasteiger charge is 2.52. The van der Waals surface area contributed by atoms with E-state index in [1.807, 2.05) is 6.92 Å². The van der Waals surface area contributed by atoms with Crippen LogP contribution >= 0.6 is 22.6 Å². The number of alkyl halides is 1. The molecule has 0 aromatic heterocycles. The monoisotopic (exact) mass is 284 g/mol. The quantitative estimate of drug-likeness (QED) is 0.467. The van der Waals surface area contributed by atoms with E-state index in [0.29, 0.717) is 0 Å². The van der Waals surface area contributed by atoms with Gasteiger partial charge in [-0.05, 0) is 25.7 Å². The van der Waals surface area contributed by atoms with E-state index in [1.54, 1.807) is 0 Å². The van der Waals surface area contributed by atoms with Crippen LogP contribution in [0.3, 0.4) is 0 Å². The maximum atomic E-state index is 13.4. The van der Waals surface area contributed by atoms with Gasteiger partial charge in [0.1, 0.15) is 11.7 Å². The van der Waals surface area contributed by atoms with Gasteiger partial charge in [0.15, 0.2) is 0 Å². The predicted octanol–water partition coefficient (Wildman–Crippen LogP) is 3.90. The zero-order valence-corrected chi connectivity index (χ0v) is 9.12. The average Bonchev–Trinajstić information content (AvgIpc) is 2.06. The molecule has 0 amide bonds. The zero-order valence-electron chi connectivity index (χ0n) is 6.96. The van der Waals surface area contributed by atoms with Gasteiger partial charge < -0.3 is 0 Å². The molecule has 2 bridgehead atoms. The minimum Gasteiger partial charge on any atom is -0.208 e. The molecule has 0 aromatic carbocycles. The van der Waals surface area contributed by atoms with Crippen LogP contribution in [0.5, 0.6) is 0 Å². The summed E-state index contributed by atoms with van der Waals surface area (Å²) in [6.07, 6.45) is 3.19. The van der Waals surface area contributed by atoms with Crippen LogP contribution in [0.1, 0.15) is 32.6 Å². The molecule has 0 unspecified atom stereocenters. The van der Waals surface area contributed by atoms with Crippen LogP contribution in [-0.4, -0.2) is 3.42 Å². The molecule has 1 saturated carbocycles. The van der Waals surface area contributed by atoms with E-state index < -0.39 is 20.5 Å². The third-order valence-electron chi connectivity index (χ3n) is 3.26. The van der Waals surface area contributed by atoms with Crippen LogP contribution in [0.2, 0.25) is 0 Å². The first-order valence-electron chi connectivity index (χ1n) is 4.23. The van der Waals surface area contributed by atoms with Crippen molar-refractivity contribution in [3.63, 3.8) is 0 Å². The Labute approximate surface area is 84.6 Å². The molecule has 0 heterocycles. The summed E-state index contributed by atoms with van der Waals surface area (Å²) in [6, 6.07) is 0. The molecule has 0 atom stereocenters. The van der Waals surface area contributed by atoms with E-state index in [2.05, 4.69) is 22.6 Å². The molecule has 0 aromatic rings. The fraction of sp³-hybridized carbons (Fsp3) is 0.778. The van der Waals surface area contributed by atoms with Crippen molar-refractivity contribution in [2.75, 3.05) is 0 Å². The third kappa shape index (κ3) is 0.978. The largest absolute Gasteiger partial charge is 0.208 e. The lowest BCUT2D eigenvalue weighted by atomic mass is 9.65. The Hall–Kier alpha value is 0.330. The highest BCUT2D eigenvalue weighted by atomic mass is 127. The molecular formula is C9H11F2I. The van der Waals surface area contributed by atoms with E-state index in [9.17, 15) is 8.78 Å². The standard InChI is InChI=1S/C9H11F2I/c1-8-2-4-9(12,5-3-8)7(11)6(8)10/h2-5H2,1H3. The molecule has 3 heteroatoms. The molecule has 0 saturated heterocycles. The highest BCUT2D eigenvalue weighted by molar-refractivity contribution is 14.1. The van der Waals surface area contributed by atoms with Gasteiger partial charge in [0.05, 0.1) is 3.42 Å². The fourth-order valence-corrected chi connectivity index (χ4v) is 2.87. The Morgan fingerprint density at radius 2 is 1.58 bits per heavy atom. The van der Waals surface area contributed by atoms with Gasteiger partial charge in [-0.1, -0.05) is 29.5 Å². The van der Waals surface area contributed by atoms with Crippen molar-refractivity contribution in [1.82, 2.24) is 0 Å². The molecule has 3 aliphatic rings. The van der Waals surface area contributed by atoms with Crippen molar-refractivity contribution in [2.45, 2.75) is 36.0 Å². The average molecular weight is 284 g/mol. The van der Waals surface area contributed by atoms with E-state index in [-0.39, 0.29) is 0 Å². The predicted molar refractivity (Wildman–Crippen MR) is 52.6 cm³/mol. The number of hydrogen-bond acceptors (Lipinski definition) is 0. The summed E-state index contributed by atoms with van der Waals surface area (Å²) < 4.78 is 26.3.